The summed E-state index contributed by atoms with van der Waals surface area (Å²) in [6.45, 7) is 8.50. The third kappa shape index (κ3) is 3.93. The first-order valence-corrected chi connectivity index (χ1v) is 6.12. The predicted molar refractivity (Wildman–Crippen MR) is 71.5 cm³/mol. The van der Waals surface area contributed by atoms with Gasteiger partial charge in [-0.15, -0.1) is 0 Å². The summed E-state index contributed by atoms with van der Waals surface area (Å²) in [6.07, 6.45) is 0.313. The normalized spacial score (nSPS) is 12.8. The Morgan fingerprint density at radius 2 is 1.94 bits per heavy atom. The van der Waals surface area contributed by atoms with Crippen LogP contribution >= 0.6 is 0 Å². The molecule has 3 nitrogen and oxygen atoms in total. The van der Waals surface area contributed by atoms with Gasteiger partial charge >= 0.3 is 0 Å². The zero-order valence-electron chi connectivity index (χ0n) is 11.2. The van der Waals surface area contributed by atoms with Crippen LogP contribution in [0.1, 0.15) is 44.2 Å². The SMILES string of the molecule is Cc1cc(OCCC(C)O)c(C(C)C)cc1N. The monoisotopic (exact) mass is 237 g/mol. The van der Waals surface area contributed by atoms with E-state index in [1.54, 1.807) is 6.92 Å². The molecule has 0 radical (unpaired) electrons. The summed E-state index contributed by atoms with van der Waals surface area (Å²) < 4.78 is 5.73. The average molecular weight is 237 g/mol. The van der Waals surface area contributed by atoms with Gasteiger partial charge in [-0.3, -0.25) is 0 Å². The van der Waals surface area contributed by atoms with Crippen LogP contribution in [0.15, 0.2) is 12.1 Å². The number of aryl methyl sites for hydroxylation is 1. The van der Waals surface area contributed by atoms with Crippen molar-refractivity contribution in [1.29, 1.82) is 0 Å². The molecule has 1 aromatic carbocycles. The van der Waals surface area contributed by atoms with E-state index in [0.717, 1.165) is 22.6 Å². The topological polar surface area (TPSA) is 55.5 Å². The van der Waals surface area contributed by atoms with E-state index < -0.39 is 0 Å². The molecule has 1 aromatic rings. The summed E-state index contributed by atoms with van der Waals surface area (Å²) in [6, 6.07) is 3.96. The minimum absolute atomic E-state index is 0.327. The molecular weight excluding hydrogens is 214 g/mol. The Kier molecular flexibility index (Phi) is 4.82. The standard InChI is InChI=1S/C14H23NO2/c1-9(2)12-8-13(15)10(3)7-14(12)17-6-5-11(4)16/h7-9,11,16H,5-6,15H2,1-4H3. The molecule has 0 aliphatic rings. The predicted octanol–water partition coefficient (Wildman–Crippen LogP) is 2.85. The van der Waals surface area contributed by atoms with E-state index in [1.165, 1.54) is 0 Å². The van der Waals surface area contributed by atoms with Crippen LogP contribution in [0.5, 0.6) is 5.75 Å². The summed E-state index contributed by atoms with van der Waals surface area (Å²) in [5, 5.41) is 9.21. The van der Waals surface area contributed by atoms with E-state index in [-0.39, 0.29) is 6.10 Å². The van der Waals surface area contributed by atoms with Crippen molar-refractivity contribution >= 4 is 5.69 Å². The van der Waals surface area contributed by atoms with Gasteiger partial charge in [-0.2, -0.15) is 0 Å². The maximum Gasteiger partial charge on any atom is 0.123 e. The zero-order chi connectivity index (χ0) is 13.0. The number of rotatable bonds is 5. The lowest BCUT2D eigenvalue weighted by Gasteiger charge is -2.16. The van der Waals surface area contributed by atoms with Crippen LogP contribution < -0.4 is 10.5 Å². The highest BCUT2D eigenvalue weighted by atomic mass is 16.5. The minimum atomic E-state index is -0.327. The van der Waals surface area contributed by atoms with E-state index in [4.69, 9.17) is 10.5 Å². The van der Waals surface area contributed by atoms with Crippen molar-refractivity contribution in [2.45, 2.75) is 46.1 Å². The van der Waals surface area contributed by atoms with Gasteiger partial charge in [0, 0.05) is 12.1 Å². The van der Waals surface area contributed by atoms with Crippen LogP contribution in [0.4, 0.5) is 5.69 Å². The summed E-state index contributed by atoms with van der Waals surface area (Å²) in [5.74, 6) is 1.26. The molecule has 1 unspecified atom stereocenters. The molecule has 0 spiro atoms. The van der Waals surface area contributed by atoms with Gasteiger partial charge in [0.25, 0.3) is 0 Å². The van der Waals surface area contributed by atoms with Gasteiger partial charge in [0.1, 0.15) is 5.75 Å². The van der Waals surface area contributed by atoms with Gasteiger partial charge in [-0.1, -0.05) is 13.8 Å². The number of nitrogens with two attached hydrogens (primary N) is 1. The molecule has 0 aliphatic carbocycles. The van der Waals surface area contributed by atoms with Crippen molar-refractivity contribution in [1.82, 2.24) is 0 Å². The fourth-order valence-electron chi connectivity index (χ4n) is 1.63. The van der Waals surface area contributed by atoms with Crippen LogP contribution in [0.2, 0.25) is 0 Å². The summed E-state index contributed by atoms with van der Waals surface area (Å²) in [7, 11) is 0. The number of nitrogen functional groups attached to an aromatic ring is 1. The first kappa shape index (κ1) is 13.8. The van der Waals surface area contributed by atoms with Crippen molar-refractivity contribution in [3.63, 3.8) is 0 Å². The summed E-state index contributed by atoms with van der Waals surface area (Å²) >= 11 is 0. The number of aliphatic hydroxyl groups is 1. The van der Waals surface area contributed by atoms with Crippen LogP contribution in [0, 0.1) is 6.92 Å². The quantitative estimate of drug-likeness (QED) is 0.774. The van der Waals surface area contributed by atoms with E-state index in [2.05, 4.69) is 13.8 Å². The molecule has 17 heavy (non-hydrogen) atoms. The Balaban J connectivity index is 2.85. The summed E-state index contributed by atoms with van der Waals surface area (Å²) in [4.78, 5) is 0. The molecule has 1 rings (SSSR count). The van der Waals surface area contributed by atoms with Crippen molar-refractivity contribution in [2.24, 2.45) is 0 Å². The van der Waals surface area contributed by atoms with Gasteiger partial charge in [0.05, 0.1) is 12.7 Å². The van der Waals surface area contributed by atoms with Gasteiger partial charge in [-0.05, 0) is 43.0 Å². The van der Waals surface area contributed by atoms with E-state index in [1.807, 2.05) is 19.1 Å². The molecule has 0 aliphatic heterocycles. The number of hydrogen-bond acceptors (Lipinski definition) is 3. The van der Waals surface area contributed by atoms with Crippen molar-refractivity contribution in [3.05, 3.63) is 23.3 Å². The number of aliphatic hydroxyl groups excluding tert-OH is 1. The average Bonchev–Trinajstić information content (AvgIpc) is 2.22. The smallest absolute Gasteiger partial charge is 0.123 e. The number of anilines is 1. The van der Waals surface area contributed by atoms with Crippen molar-refractivity contribution in [3.8, 4) is 5.75 Å². The Labute approximate surface area is 104 Å². The highest BCUT2D eigenvalue weighted by molar-refractivity contribution is 5.55. The molecule has 0 saturated carbocycles. The molecule has 3 N–H and O–H groups in total. The van der Waals surface area contributed by atoms with Gasteiger partial charge in [-0.25, -0.2) is 0 Å². The number of ether oxygens (including phenoxy) is 1. The highest BCUT2D eigenvalue weighted by Crippen LogP contribution is 2.31. The van der Waals surface area contributed by atoms with Crippen molar-refractivity contribution in [2.75, 3.05) is 12.3 Å². The third-order valence-corrected chi connectivity index (χ3v) is 2.81. The Bertz CT molecular complexity index is 373. The molecule has 3 heteroatoms. The zero-order valence-corrected chi connectivity index (χ0v) is 11.2. The fraction of sp³-hybridized carbons (Fsp3) is 0.571. The largest absolute Gasteiger partial charge is 0.493 e. The first-order chi connectivity index (χ1) is 7.91. The maximum atomic E-state index is 9.21. The van der Waals surface area contributed by atoms with Crippen LogP contribution in [-0.2, 0) is 0 Å². The van der Waals surface area contributed by atoms with E-state index in [9.17, 15) is 5.11 Å². The van der Waals surface area contributed by atoms with Crippen LogP contribution in [-0.4, -0.2) is 17.8 Å². The lowest BCUT2D eigenvalue weighted by Crippen LogP contribution is -2.09. The highest BCUT2D eigenvalue weighted by Gasteiger charge is 2.10. The molecule has 0 fully saturated rings. The molecule has 96 valence electrons. The second-order valence-corrected chi connectivity index (χ2v) is 4.89. The van der Waals surface area contributed by atoms with Gasteiger partial charge in [0.2, 0.25) is 0 Å². The molecule has 1 atom stereocenters. The maximum absolute atomic E-state index is 9.21. The first-order valence-electron chi connectivity index (χ1n) is 6.12. The lowest BCUT2D eigenvalue weighted by atomic mass is 9.99. The second-order valence-electron chi connectivity index (χ2n) is 4.89. The molecule has 0 bridgehead atoms. The van der Waals surface area contributed by atoms with Crippen LogP contribution in [0.25, 0.3) is 0 Å². The molecule has 0 aromatic heterocycles. The lowest BCUT2D eigenvalue weighted by molar-refractivity contribution is 0.155. The van der Waals surface area contributed by atoms with E-state index >= 15 is 0 Å². The van der Waals surface area contributed by atoms with E-state index in [0.29, 0.717) is 18.9 Å². The third-order valence-electron chi connectivity index (χ3n) is 2.81. The Morgan fingerprint density at radius 1 is 1.29 bits per heavy atom. The Morgan fingerprint density at radius 3 is 2.47 bits per heavy atom. The van der Waals surface area contributed by atoms with Gasteiger partial charge in [0.15, 0.2) is 0 Å². The minimum Gasteiger partial charge on any atom is -0.493 e. The van der Waals surface area contributed by atoms with Crippen LogP contribution in [0.3, 0.4) is 0 Å². The van der Waals surface area contributed by atoms with Gasteiger partial charge < -0.3 is 15.6 Å². The number of benzene rings is 1. The summed E-state index contributed by atoms with van der Waals surface area (Å²) in [5.41, 5.74) is 8.86. The Hall–Kier alpha value is -1.22. The fourth-order valence-corrected chi connectivity index (χ4v) is 1.63. The molecule has 0 heterocycles. The van der Waals surface area contributed by atoms with Crippen molar-refractivity contribution < 1.29 is 9.84 Å². The number of hydrogen-bond donors (Lipinski definition) is 2. The molecule has 0 amide bonds. The second kappa shape index (κ2) is 5.92. The molecular formula is C14H23NO2. The molecule has 0 saturated heterocycles.